The summed E-state index contributed by atoms with van der Waals surface area (Å²) < 4.78 is 10.7. The molecular formula is C22H24Cl2N2O4. The zero-order valence-corrected chi connectivity index (χ0v) is 18.4. The molecule has 3 rings (SSSR count). The van der Waals surface area contributed by atoms with Crippen LogP contribution in [0.5, 0.6) is 11.5 Å². The van der Waals surface area contributed by atoms with Crippen molar-refractivity contribution in [3.8, 4) is 11.5 Å². The predicted octanol–water partition coefficient (Wildman–Crippen LogP) is 4.21. The molecule has 1 heterocycles. The highest BCUT2D eigenvalue weighted by Gasteiger charge is 2.28. The number of likely N-dealkylation sites (N-methyl/N-ethyl adjacent to an activating group) is 1. The summed E-state index contributed by atoms with van der Waals surface area (Å²) in [6.07, 6.45) is 1.25. The third kappa shape index (κ3) is 5.18. The molecule has 2 amide bonds. The first-order valence-corrected chi connectivity index (χ1v) is 10.5. The van der Waals surface area contributed by atoms with Crippen LogP contribution in [0.2, 0.25) is 10.0 Å². The molecule has 2 aromatic carbocycles. The molecule has 1 atom stereocenters. The third-order valence-electron chi connectivity index (χ3n) is 5.05. The molecule has 0 saturated heterocycles. The molecule has 0 saturated carbocycles. The van der Waals surface area contributed by atoms with Crippen molar-refractivity contribution in [1.29, 1.82) is 0 Å². The fourth-order valence-electron chi connectivity index (χ4n) is 3.41. The van der Waals surface area contributed by atoms with E-state index in [4.69, 9.17) is 32.7 Å². The lowest BCUT2D eigenvalue weighted by atomic mass is 10.1. The third-order valence-corrected chi connectivity index (χ3v) is 5.64. The van der Waals surface area contributed by atoms with Crippen molar-refractivity contribution >= 4 is 35.0 Å². The van der Waals surface area contributed by atoms with Gasteiger partial charge in [-0.05, 0) is 48.2 Å². The van der Waals surface area contributed by atoms with Crippen LogP contribution in [0.15, 0.2) is 36.4 Å². The second-order valence-electron chi connectivity index (χ2n) is 6.98. The SMILES string of the molecule is CC[C@H](C(=O)NC)N(Cc1ccc(Cl)cc1Cl)C(=O)CCc1ccc2c(c1)OCO2. The maximum absolute atomic E-state index is 13.2. The van der Waals surface area contributed by atoms with Crippen LogP contribution in [0.3, 0.4) is 0 Å². The summed E-state index contributed by atoms with van der Waals surface area (Å²) in [6, 6.07) is 10.2. The minimum absolute atomic E-state index is 0.130. The summed E-state index contributed by atoms with van der Waals surface area (Å²) >= 11 is 12.3. The van der Waals surface area contributed by atoms with E-state index in [-0.39, 0.29) is 31.6 Å². The van der Waals surface area contributed by atoms with Gasteiger partial charge < -0.3 is 19.7 Å². The van der Waals surface area contributed by atoms with E-state index in [0.29, 0.717) is 34.4 Å². The summed E-state index contributed by atoms with van der Waals surface area (Å²) in [6.45, 7) is 2.31. The van der Waals surface area contributed by atoms with Crippen LogP contribution in [0.25, 0.3) is 0 Å². The lowest BCUT2D eigenvalue weighted by molar-refractivity contribution is -0.141. The van der Waals surface area contributed by atoms with Gasteiger partial charge in [0, 0.05) is 30.1 Å². The van der Waals surface area contributed by atoms with Gasteiger partial charge in [0.05, 0.1) is 0 Å². The molecule has 6 nitrogen and oxygen atoms in total. The van der Waals surface area contributed by atoms with Gasteiger partial charge in [-0.3, -0.25) is 9.59 Å². The number of ether oxygens (including phenoxy) is 2. The average molecular weight is 451 g/mol. The summed E-state index contributed by atoms with van der Waals surface area (Å²) in [7, 11) is 1.57. The van der Waals surface area contributed by atoms with E-state index in [9.17, 15) is 9.59 Å². The highest BCUT2D eigenvalue weighted by atomic mass is 35.5. The van der Waals surface area contributed by atoms with Crippen LogP contribution in [0.4, 0.5) is 0 Å². The highest BCUT2D eigenvalue weighted by molar-refractivity contribution is 6.35. The smallest absolute Gasteiger partial charge is 0.242 e. The van der Waals surface area contributed by atoms with Gasteiger partial charge >= 0.3 is 0 Å². The van der Waals surface area contributed by atoms with Gasteiger partial charge in [0.25, 0.3) is 0 Å². The van der Waals surface area contributed by atoms with E-state index >= 15 is 0 Å². The molecule has 0 radical (unpaired) electrons. The Labute approximate surface area is 186 Å². The number of aryl methyl sites for hydroxylation is 1. The van der Waals surface area contributed by atoms with E-state index in [2.05, 4.69) is 5.32 Å². The summed E-state index contributed by atoms with van der Waals surface area (Å²) in [4.78, 5) is 27.2. The molecule has 0 fully saturated rings. The van der Waals surface area contributed by atoms with E-state index in [1.165, 1.54) is 0 Å². The first-order valence-electron chi connectivity index (χ1n) is 9.76. The van der Waals surface area contributed by atoms with Gasteiger partial charge in [0.15, 0.2) is 11.5 Å². The number of carbonyl (C=O) groups excluding carboxylic acids is 2. The second-order valence-corrected chi connectivity index (χ2v) is 7.83. The largest absolute Gasteiger partial charge is 0.454 e. The summed E-state index contributed by atoms with van der Waals surface area (Å²) in [5.41, 5.74) is 1.70. The summed E-state index contributed by atoms with van der Waals surface area (Å²) in [5.74, 6) is 1.05. The Balaban J connectivity index is 1.77. The molecule has 30 heavy (non-hydrogen) atoms. The van der Waals surface area contributed by atoms with E-state index < -0.39 is 6.04 Å². The highest BCUT2D eigenvalue weighted by Crippen LogP contribution is 2.33. The van der Waals surface area contributed by atoms with Gasteiger partial charge in [0.1, 0.15) is 6.04 Å². The van der Waals surface area contributed by atoms with Crippen molar-refractivity contribution in [2.75, 3.05) is 13.8 Å². The van der Waals surface area contributed by atoms with Crippen molar-refractivity contribution in [1.82, 2.24) is 10.2 Å². The molecule has 1 aliphatic heterocycles. The molecular weight excluding hydrogens is 427 g/mol. The Morgan fingerprint density at radius 3 is 2.60 bits per heavy atom. The number of amides is 2. The van der Waals surface area contributed by atoms with Crippen LogP contribution in [-0.4, -0.2) is 36.6 Å². The van der Waals surface area contributed by atoms with Crippen LogP contribution in [0, 0.1) is 0 Å². The number of benzene rings is 2. The Morgan fingerprint density at radius 1 is 1.13 bits per heavy atom. The molecule has 0 unspecified atom stereocenters. The zero-order valence-electron chi connectivity index (χ0n) is 16.9. The van der Waals surface area contributed by atoms with Crippen LogP contribution in [-0.2, 0) is 22.6 Å². The molecule has 160 valence electrons. The summed E-state index contributed by atoms with van der Waals surface area (Å²) in [5, 5.41) is 3.62. The van der Waals surface area contributed by atoms with Crippen LogP contribution in [0.1, 0.15) is 30.9 Å². The van der Waals surface area contributed by atoms with Crippen molar-refractivity contribution in [3.05, 3.63) is 57.6 Å². The molecule has 0 aromatic heterocycles. The number of nitrogens with zero attached hydrogens (tertiary/aromatic N) is 1. The number of halogens is 2. The van der Waals surface area contributed by atoms with Gasteiger partial charge in [-0.2, -0.15) is 0 Å². The predicted molar refractivity (Wildman–Crippen MR) is 116 cm³/mol. The fraction of sp³-hybridized carbons (Fsp3) is 0.364. The molecule has 8 heteroatoms. The number of rotatable bonds is 8. The monoisotopic (exact) mass is 450 g/mol. The quantitative estimate of drug-likeness (QED) is 0.653. The maximum atomic E-state index is 13.2. The molecule has 0 spiro atoms. The normalized spacial score (nSPS) is 13.1. The van der Waals surface area contributed by atoms with E-state index in [1.807, 2.05) is 25.1 Å². The molecule has 0 bridgehead atoms. The maximum Gasteiger partial charge on any atom is 0.242 e. The van der Waals surface area contributed by atoms with E-state index in [1.54, 1.807) is 30.1 Å². The standard InChI is InChI=1S/C22H24Cl2N2O4/c1-3-18(22(28)25-2)26(12-15-6-7-16(23)11-17(15)24)21(27)9-5-14-4-8-19-20(10-14)30-13-29-19/h4,6-8,10-11,18H,3,5,9,12-13H2,1-2H3,(H,25,28)/t18-/m1/s1. The fourth-order valence-corrected chi connectivity index (χ4v) is 3.88. The van der Waals surface area contributed by atoms with Crippen molar-refractivity contribution in [2.24, 2.45) is 0 Å². The van der Waals surface area contributed by atoms with E-state index in [0.717, 1.165) is 11.1 Å². The van der Waals surface area contributed by atoms with Gasteiger partial charge in [-0.15, -0.1) is 0 Å². The number of nitrogens with one attached hydrogen (secondary N) is 1. The Morgan fingerprint density at radius 2 is 1.90 bits per heavy atom. The Bertz CT molecular complexity index is 935. The first-order chi connectivity index (χ1) is 14.4. The number of hydrogen-bond donors (Lipinski definition) is 1. The number of fused-ring (bicyclic) bond motifs is 1. The second kappa shape index (κ2) is 10.0. The van der Waals surface area contributed by atoms with Crippen molar-refractivity contribution in [2.45, 2.75) is 38.8 Å². The lowest BCUT2D eigenvalue weighted by Crippen LogP contribution is -2.48. The van der Waals surface area contributed by atoms with Crippen LogP contribution < -0.4 is 14.8 Å². The Kier molecular flexibility index (Phi) is 7.45. The Hall–Kier alpha value is -2.44. The van der Waals surface area contributed by atoms with Gasteiger partial charge in [-0.25, -0.2) is 0 Å². The topological polar surface area (TPSA) is 67.9 Å². The van der Waals surface area contributed by atoms with Gasteiger partial charge in [0.2, 0.25) is 18.6 Å². The van der Waals surface area contributed by atoms with Crippen molar-refractivity contribution in [3.63, 3.8) is 0 Å². The molecule has 0 aliphatic carbocycles. The zero-order chi connectivity index (χ0) is 21.7. The first kappa shape index (κ1) is 22.2. The lowest BCUT2D eigenvalue weighted by Gasteiger charge is -2.30. The minimum atomic E-state index is -0.592. The van der Waals surface area contributed by atoms with Crippen molar-refractivity contribution < 1.29 is 19.1 Å². The van der Waals surface area contributed by atoms with Gasteiger partial charge in [-0.1, -0.05) is 42.3 Å². The molecule has 1 aliphatic rings. The minimum Gasteiger partial charge on any atom is -0.454 e. The average Bonchev–Trinajstić information content (AvgIpc) is 3.21. The molecule has 1 N–H and O–H groups in total. The number of carbonyl (C=O) groups is 2. The molecule has 2 aromatic rings. The number of hydrogen-bond acceptors (Lipinski definition) is 4. The van der Waals surface area contributed by atoms with Crippen LogP contribution >= 0.6 is 23.2 Å².